The number of benzene rings is 2. The molecule has 0 aromatic heterocycles. The number of hydrogen-bond donors (Lipinski definition) is 2. The summed E-state index contributed by atoms with van der Waals surface area (Å²) in [5.41, 5.74) is 1.92. The van der Waals surface area contributed by atoms with Gasteiger partial charge in [0.15, 0.2) is 0 Å². The molecule has 20 heavy (non-hydrogen) atoms. The molecule has 2 rings (SSSR count). The molecule has 0 bridgehead atoms. The summed E-state index contributed by atoms with van der Waals surface area (Å²) in [4.78, 5) is 0. The van der Waals surface area contributed by atoms with Crippen LogP contribution in [0.15, 0.2) is 46.9 Å². The van der Waals surface area contributed by atoms with Crippen LogP contribution in [0.4, 0.5) is 0 Å². The van der Waals surface area contributed by atoms with Gasteiger partial charge in [-0.15, -0.1) is 0 Å². The van der Waals surface area contributed by atoms with E-state index < -0.39 is 0 Å². The SMILES string of the molecule is CNC(C)c1cc(Br)ccc1Oc1cccc(CO)c1. The van der Waals surface area contributed by atoms with Crippen molar-refractivity contribution in [3.63, 3.8) is 0 Å². The van der Waals surface area contributed by atoms with E-state index in [1.54, 1.807) is 0 Å². The highest BCUT2D eigenvalue weighted by atomic mass is 79.9. The summed E-state index contributed by atoms with van der Waals surface area (Å²) in [6.07, 6.45) is 0. The predicted molar refractivity (Wildman–Crippen MR) is 84.1 cm³/mol. The number of ether oxygens (including phenoxy) is 1. The molecular weight excluding hydrogens is 318 g/mol. The van der Waals surface area contributed by atoms with Gasteiger partial charge in [-0.2, -0.15) is 0 Å². The molecule has 0 amide bonds. The summed E-state index contributed by atoms with van der Waals surface area (Å²) in [5, 5.41) is 12.4. The van der Waals surface area contributed by atoms with Gasteiger partial charge >= 0.3 is 0 Å². The van der Waals surface area contributed by atoms with E-state index in [0.29, 0.717) is 0 Å². The number of halogens is 1. The Morgan fingerprint density at radius 1 is 1.25 bits per heavy atom. The van der Waals surface area contributed by atoms with Crippen LogP contribution in [-0.4, -0.2) is 12.2 Å². The summed E-state index contributed by atoms with van der Waals surface area (Å²) in [7, 11) is 1.92. The van der Waals surface area contributed by atoms with Crippen LogP contribution in [0.25, 0.3) is 0 Å². The van der Waals surface area contributed by atoms with E-state index in [9.17, 15) is 5.11 Å². The first kappa shape index (κ1) is 15.0. The average molecular weight is 336 g/mol. The molecule has 2 N–H and O–H groups in total. The van der Waals surface area contributed by atoms with Crippen LogP contribution in [0, 0.1) is 0 Å². The van der Waals surface area contributed by atoms with Gasteiger partial charge in [-0.25, -0.2) is 0 Å². The highest BCUT2D eigenvalue weighted by Crippen LogP contribution is 2.32. The van der Waals surface area contributed by atoms with Crippen molar-refractivity contribution in [1.29, 1.82) is 0 Å². The number of rotatable bonds is 5. The molecule has 3 nitrogen and oxygen atoms in total. The lowest BCUT2D eigenvalue weighted by Gasteiger charge is -2.17. The van der Waals surface area contributed by atoms with Crippen molar-refractivity contribution in [2.24, 2.45) is 0 Å². The van der Waals surface area contributed by atoms with E-state index in [4.69, 9.17) is 4.74 Å². The zero-order valence-electron chi connectivity index (χ0n) is 11.6. The fourth-order valence-corrected chi connectivity index (χ4v) is 2.32. The van der Waals surface area contributed by atoms with Crippen LogP contribution in [0.3, 0.4) is 0 Å². The second-order valence-corrected chi connectivity index (χ2v) is 5.52. The second-order valence-electron chi connectivity index (χ2n) is 4.60. The molecule has 1 unspecified atom stereocenters. The molecule has 2 aromatic carbocycles. The molecule has 2 aromatic rings. The minimum atomic E-state index is 0.0112. The molecule has 0 fully saturated rings. The fourth-order valence-electron chi connectivity index (χ4n) is 1.94. The molecule has 0 radical (unpaired) electrons. The molecule has 0 heterocycles. The number of aliphatic hydroxyl groups excluding tert-OH is 1. The predicted octanol–water partition coefficient (Wildman–Crippen LogP) is 4.01. The van der Waals surface area contributed by atoms with E-state index in [1.165, 1.54) is 0 Å². The third-order valence-electron chi connectivity index (χ3n) is 3.18. The van der Waals surface area contributed by atoms with Crippen molar-refractivity contribution in [2.75, 3.05) is 7.05 Å². The Balaban J connectivity index is 2.32. The van der Waals surface area contributed by atoms with Gasteiger partial charge in [-0.3, -0.25) is 0 Å². The van der Waals surface area contributed by atoms with Gasteiger partial charge in [0.1, 0.15) is 11.5 Å². The van der Waals surface area contributed by atoms with Crippen LogP contribution >= 0.6 is 15.9 Å². The Morgan fingerprint density at radius 3 is 2.75 bits per heavy atom. The Morgan fingerprint density at radius 2 is 2.05 bits per heavy atom. The molecule has 0 aliphatic rings. The van der Waals surface area contributed by atoms with Crippen molar-refractivity contribution >= 4 is 15.9 Å². The van der Waals surface area contributed by atoms with Crippen molar-refractivity contribution in [3.8, 4) is 11.5 Å². The van der Waals surface area contributed by atoms with Gasteiger partial charge in [0.05, 0.1) is 6.61 Å². The van der Waals surface area contributed by atoms with Crippen molar-refractivity contribution in [3.05, 3.63) is 58.1 Å². The lowest BCUT2D eigenvalue weighted by molar-refractivity contribution is 0.281. The van der Waals surface area contributed by atoms with Crippen molar-refractivity contribution in [1.82, 2.24) is 5.32 Å². The van der Waals surface area contributed by atoms with Gasteiger partial charge in [-0.05, 0) is 49.9 Å². The van der Waals surface area contributed by atoms with Crippen LogP contribution in [0.5, 0.6) is 11.5 Å². The van der Waals surface area contributed by atoms with Gasteiger partial charge in [-0.1, -0.05) is 28.1 Å². The lowest BCUT2D eigenvalue weighted by atomic mass is 10.1. The summed E-state index contributed by atoms with van der Waals surface area (Å²) < 4.78 is 6.98. The molecule has 1 atom stereocenters. The maximum absolute atomic E-state index is 9.17. The first-order chi connectivity index (χ1) is 9.63. The highest BCUT2D eigenvalue weighted by molar-refractivity contribution is 9.10. The number of aliphatic hydroxyl groups is 1. The third kappa shape index (κ3) is 3.60. The standard InChI is InChI=1S/C16H18BrNO2/c1-11(18-2)15-9-13(17)6-7-16(15)20-14-5-3-4-12(8-14)10-19/h3-9,11,18-19H,10H2,1-2H3. The van der Waals surface area contributed by atoms with Crippen molar-refractivity contribution in [2.45, 2.75) is 19.6 Å². The minimum Gasteiger partial charge on any atom is -0.457 e. The minimum absolute atomic E-state index is 0.0112. The largest absolute Gasteiger partial charge is 0.457 e. The van der Waals surface area contributed by atoms with Crippen LogP contribution in [0.1, 0.15) is 24.1 Å². The molecule has 0 saturated heterocycles. The quantitative estimate of drug-likeness (QED) is 0.867. The fraction of sp³-hybridized carbons (Fsp3) is 0.250. The Labute approximate surface area is 127 Å². The third-order valence-corrected chi connectivity index (χ3v) is 3.67. The van der Waals surface area contributed by atoms with Crippen LogP contribution in [0.2, 0.25) is 0 Å². The average Bonchev–Trinajstić information content (AvgIpc) is 2.48. The van der Waals surface area contributed by atoms with E-state index in [0.717, 1.165) is 27.1 Å². The molecular formula is C16H18BrNO2. The van der Waals surface area contributed by atoms with Gasteiger partial charge < -0.3 is 15.2 Å². The monoisotopic (exact) mass is 335 g/mol. The Bertz CT molecular complexity index is 586. The van der Waals surface area contributed by atoms with Crippen molar-refractivity contribution < 1.29 is 9.84 Å². The first-order valence-corrected chi connectivity index (χ1v) is 7.27. The van der Waals surface area contributed by atoms with Gasteiger partial charge in [0, 0.05) is 16.1 Å². The van der Waals surface area contributed by atoms with E-state index in [-0.39, 0.29) is 12.6 Å². The molecule has 4 heteroatoms. The second kappa shape index (κ2) is 6.88. The molecule has 106 valence electrons. The first-order valence-electron chi connectivity index (χ1n) is 6.48. The lowest BCUT2D eigenvalue weighted by Crippen LogP contribution is -2.13. The van der Waals surface area contributed by atoms with Crippen LogP contribution < -0.4 is 10.1 Å². The zero-order chi connectivity index (χ0) is 14.5. The summed E-state index contributed by atoms with van der Waals surface area (Å²) in [5.74, 6) is 1.54. The zero-order valence-corrected chi connectivity index (χ0v) is 13.1. The van der Waals surface area contributed by atoms with Crippen LogP contribution in [-0.2, 0) is 6.61 Å². The number of hydrogen-bond acceptors (Lipinski definition) is 3. The van der Waals surface area contributed by atoms with Gasteiger partial charge in [0.25, 0.3) is 0 Å². The smallest absolute Gasteiger partial charge is 0.132 e. The van der Waals surface area contributed by atoms with E-state index in [1.807, 2.05) is 49.5 Å². The Kier molecular flexibility index (Phi) is 5.17. The molecule has 0 spiro atoms. The normalized spacial score (nSPS) is 12.2. The molecule has 0 saturated carbocycles. The molecule has 0 aliphatic carbocycles. The topological polar surface area (TPSA) is 41.5 Å². The number of nitrogens with one attached hydrogen (secondary N) is 1. The van der Waals surface area contributed by atoms with Gasteiger partial charge in [0.2, 0.25) is 0 Å². The summed E-state index contributed by atoms with van der Waals surface area (Å²) >= 11 is 3.49. The Hall–Kier alpha value is -1.36. The molecule has 0 aliphatic heterocycles. The maximum Gasteiger partial charge on any atom is 0.132 e. The summed E-state index contributed by atoms with van der Waals surface area (Å²) in [6, 6.07) is 13.6. The van der Waals surface area contributed by atoms with E-state index in [2.05, 4.69) is 28.2 Å². The highest BCUT2D eigenvalue weighted by Gasteiger charge is 2.11. The maximum atomic E-state index is 9.17. The van der Waals surface area contributed by atoms with E-state index >= 15 is 0 Å². The summed E-state index contributed by atoms with van der Waals surface area (Å²) in [6.45, 7) is 2.09.